The zero-order valence-corrected chi connectivity index (χ0v) is 21.7. The molecule has 2 nitrogen and oxygen atoms in total. The lowest BCUT2D eigenvalue weighted by molar-refractivity contribution is 0.0132. The monoisotopic (exact) mass is 484 g/mol. The second kappa shape index (κ2) is 8.47. The second-order valence-corrected chi connectivity index (χ2v) is 12.8. The molecule has 3 aromatic carbocycles. The summed E-state index contributed by atoms with van der Waals surface area (Å²) in [6.45, 7) is 2.18. The third-order valence-electron chi connectivity index (χ3n) is 9.34. The molecule has 182 valence electrons. The predicted molar refractivity (Wildman–Crippen MR) is 146 cm³/mol. The molecule has 0 radical (unpaired) electrons. The van der Waals surface area contributed by atoms with E-state index in [1.807, 2.05) is 17.8 Å². The Balaban J connectivity index is 1.38. The number of hydrogen-bond donors (Lipinski definition) is 1. The number of phenols is 1. The minimum Gasteiger partial charge on any atom is -0.507 e. The number of ether oxygens (including phenoxy) is 1. The van der Waals surface area contributed by atoms with E-state index in [-0.39, 0.29) is 4.93 Å². The third kappa shape index (κ3) is 3.52. The van der Waals surface area contributed by atoms with Gasteiger partial charge in [0, 0.05) is 17.2 Å². The molecule has 2 saturated carbocycles. The van der Waals surface area contributed by atoms with E-state index in [0.29, 0.717) is 17.6 Å². The lowest BCUT2D eigenvalue weighted by atomic mass is 9.74. The fourth-order valence-corrected chi connectivity index (χ4v) is 9.28. The van der Waals surface area contributed by atoms with Gasteiger partial charge >= 0.3 is 0 Å². The average molecular weight is 485 g/mol. The fourth-order valence-electron chi connectivity index (χ4n) is 7.63. The van der Waals surface area contributed by atoms with Crippen LogP contribution in [0.1, 0.15) is 80.9 Å². The summed E-state index contributed by atoms with van der Waals surface area (Å²) in [5, 5.41) is 13.3. The Morgan fingerprint density at radius 2 is 1.49 bits per heavy atom. The van der Waals surface area contributed by atoms with Crippen LogP contribution < -0.4 is 4.74 Å². The van der Waals surface area contributed by atoms with Crippen molar-refractivity contribution < 1.29 is 9.84 Å². The van der Waals surface area contributed by atoms with Crippen molar-refractivity contribution in [2.45, 2.75) is 93.8 Å². The minimum absolute atomic E-state index is 0.120. The quantitative estimate of drug-likeness (QED) is 0.393. The van der Waals surface area contributed by atoms with E-state index < -0.39 is 0 Å². The molecule has 0 bridgehead atoms. The van der Waals surface area contributed by atoms with Gasteiger partial charge in [-0.3, -0.25) is 0 Å². The van der Waals surface area contributed by atoms with Gasteiger partial charge in [-0.2, -0.15) is 0 Å². The lowest BCUT2D eigenvalue weighted by Crippen LogP contribution is -2.47. The highest BCUT2D eigenvalue weighted by Gasteiger charge is 2.52. The van der Waals surface area contributed by atoms with Crippen LogP contribution in [0.5, 0.6) is 11.5 Å². The van der Waals surface area contributed by atoms with Crippen molar-refractivity contribution >= 4 is 22.5 Å². The van der Waals surface area contributed by atoms with Crippen LogP contribution in [0.25, 0.3) is 21.9 Å². The zero-order chi connectivity index (χ0) is 23.6. The Kier molecular flexibility index (Phi) is 5.35. The molecule has 0 aromatic heterocycles. The van der Waals surface area contributed by atoms with E-state index in [1.165, 1.54) is 102 Å². The number of fused-ring (bicyclic) bond motifs is 6. The van der Waals surface area contributed by atoms with Gasteiger partial charge in [-0.15, -0.1) is 0 Å². The predicted octanol–water partition coefficient (Wildman–Crippen LogP) is 8.96. The average Bonchev–Trinajstić information content (AvgIpc) is 3.28. The van der Waals surface area contributed by atoms with Crippen LogP contribution in [0, 0.1) is 18.8 Å². The highest BCUT2D eigenvalue weighted by molar-refractivity contribution is 8.01. The molecule has 1 aliphatic heterocycles. The number of aromatic hydroxyl groups is 1. The van der Waals surface area contributed by atoms with Gasteiger partial charge in [0.15, 0.2) is 4.93 Å². The molecule has 0 amide bonds. The second-order valence-electron chi connectivity index (χ2n) is 11.5. The smallest absolute Gasteiger partial charge is 0.164 e. The maximum absolute atomic E-state index is 11.1. The molecule has 3 aromatic rings. The van der Waals surface area contributed by atoms with Gasteiger partial charge < -0.3 is 9.84 Å². The molecule has 3 heteroatoms. The van der Waals surface area contributed by atoms with E-state index in [9.17, 15) is 5.11 Å². The van der Waals surface area contributed by atoms with Gasteiger partial charge in [0.2, 0.25) is 0 Å². The largest absolute Gasteiger partial charge is 0.507 e. The summed E-state index contributed by atoms with van der Waals surface area (Å²) >= 11 is 2.05. The van der Waals surface area contributed by atoms with Gasteiger partial charge in [0.1, 0.15) is 11.5 Å². The Hall–Kier alpha value is -2.13. The number of thioether (sulfide) groups is 1. The summed E-state index contributed by atoms with van der Waals surface area (Å²) in [5.41, 5.74) is 6.71. The Morgan fingerprint density at radius 1 is 0.800 bits per heavy atom. The number of benzene rings is 3. The minimum atomic E-state index is -0.120. The van der Waals surface area contributed by atoms with Gasteiger partial charge in [0.25, 0.3) is 0 Å². The van der Waals surface area contributed by atoms with Crippen LogP contribution in [0.2, 0.25) is 0 Å². The van der Waals surface area contributed by atoms with Crippen LogP contribution in [-0.4, -0.2) is 10.0 Å². The Bertz CT molecular complexity index is 1280. The third-order valence-corrected chi connectivity index (χ3v) is 11.0. The summed E-state index contributed by atoms with van der Waals surface area (Å²) < 4.78 is 7.12. The molecule has 0 spiro atoms. The normalized spacial score (nSPS) is 21.9. The maximum Gasteiger partial charge on any atom is 0.164 e. The molecule has 7 rings (SSSR count). The first-order valence-corrected chi connectivity index (χ1v) is 14.7. The fraction of sp³-hybridized carbons (Fsp3) is 0.500. The molecule has 2 fully saturated rings. The molecular weight excluding hydrogens is 448 g/mol. The van der Waals surface area contributed by atoms with Crippen molar-refractivity contribution in [1.82, 2.24) is 0 Å². The van der Waals surface area contributed by atoms with Crippen molar-refractivity contribution in [1.29, 1.82) is 0 Å². The van der Waals surface area contributed by atoms with Crippen LogP contribution in [0.15, 0.2) is 41.3 Å². The van der Waals surface area contributed by atoms with Crippen molar-refractivity contribution in [2.75, 3.05) is 0 Å². The molecule has 1 heterocycles. The summed E-state index contributed by atoms with van der Waals surface area (Å²) in [5.74, 6) is 2.67. The first kappa shape index (κ1) is 22.1. The number of phenolic OH excluding ortho intramolecular Hbond substituents is 1. The molecule has 3 aliphatic carbocycles. The first-order valence-electron chi connectivity index (χ1n) is 13.9. The molecule has 35 heavy (non-hydrogen) atoms. The van der Waals surface area contributed by atoms with Gasteiger partial charge in [-0.25, -0.2) is 0 Å². The topological polar surface area (TPSA) is 29.5 Å². The van der Waals surface area contributed by atoms with E-state index in [2.05, 4.69) is 37.3 Å². The van der Waals surface area contributed by atoms with E-state index in [4.69, 9.17) is 4.74 Å². The van der Waals surface area contributed by atoms with Crippen molar-refractivity contribution in [3.63, 3.8) is 0 Å². The highest BCUT2D eigenvalue weighted by atomic mass is 32.2. The highest BCUT2D eigenvalue weighted by Crippen LogP contribution is 2.61. The molecular formula is C32H36O2S. The molecule has 0 saturated heterocycles. The van der Waals surface area contributed by atoms with Gasteiger partial charge in [-0.05, 0) is 91.3 Å². The number of aryl methyl sites for hydroxylation is 3. The van der Waals surface area contributed by atoms with Crippen molar-refractivity contribution in [2.24, 2.45) is 11.8 Å². The van der Waals surface area contributed by atoms with E-state index in [1.54, 1.807) is 0 Å². The summed E-state index contributed by atoms with van der Waals surface area (Å²) in [7, 11) is 0. The van der Waals surface area contributed by atoms with Crippen molar-refractivity contribution in [3.05, 3.63) is 53.1 Å². The SMILES string of the molecule is Cc1ccc2c(c1)CCc1cc(O)c3cc4c(cc3c1-2)SC(C1CCCCC1)(C1CCCCC1)O4. The van der Waals surface area contributed by atoms with E-state index in [0.717, 1.165) is 24.0 Å². The van der Waals surface area contributed by atoms with Crippen LogP contribution >= 0.6 is 11.8 Å². The lowest BCUT2D eigenvalue weighted by Gasteiger charge is -2.45. The van der Waals surface area contributed by atoms with E-state index >= 15 is 0 Å². The van der Waals surface area contributed by atoms with Gasteiger partial charge in [-0.1, -0.05) is 74.0 Å². The molecule has 1 N–H and O–H groups in total. The Morgan fingerprint density at radius 3 is 2.20 bits per heavy atom. The van der Waals surface area contributed by atoms with Crippen LogP contribution in [0.3, 0.4) is 0 Å². The Labute approximate surface area is 213 Å². The van der Waals surface area contributed by atoms with Gasteiger partial charge in [0.05, 0.1) is 4.90 Å². The summed E-state index contributed by atoms with van der Waals surface area (Å²) in [6, 6.07) is 13.4. The number of hydrogen-bond acceptors (Lipinski definition) is 3. The van der Waals surface area contributed by atoms with Crippen molar-refractivity contribution in [3.8, 4) is 22.6 Å². The molecule has 4 aliphatic rings. The summed E-state index contributed by atoms with van der Waals surface area (Å²) in [6.07, 6.45) is 15.3. The van der Waals surface area contributed by atoms with Crippen LogP contribution in [0.4, 0.5) is 0 Å². The van der Waals surface area contributed by atoms with Crippen LogP contribution in [-0.2, 0) is 12.8 Å². The molecule has 0 atom stereocenters. The molecule has 0 unspecified atom stereocenters. The maximum atomic E-state index is 11.1. The summed E-state index contributed by atoms with van der Waals surface area (Å²) in [4.78, 5) is 1.17. The zero-order valence-electron chi connectivity index (χ0n) is 20.9. The standard InChI is InChI=1S/C32H36O2S/c1-20-12-15-25-21(16-20)13-14-22-17-28(33)26-18-29-30(19-27(26)31(22)25)35-32(34-29,23-8-4-2-5-9-23)24-10-6-3-7-11-24/h12,15-19,23-24,33H,2-11,13-14H2,1H3. The first-order chi connectivity index (χ1) is 17.1. The number of rotatable bonds is 2.